The van der Waals surface area contributed by atoms with Gasteiger partial charge in [-0.2, -0.15) is 13.2 Å². The van der Waals surface area contributed by atoms with Crippen molar-refractivity contribution < 1.29 is 31.2 Å². The van der Waals surface area contributed by atoms with Crippen LogP contribution in [0.15, 0.2) is 77.7 Å². The van der Waals surface area contributed by atoms with E-state index >= 15 is 0 Å². The van der Waals surface area contributed by atoms with Gasteiger partial charge in [0.1, 0.15) is 12.6 Å². The minimum absolute atomic E-state index is 0.144. The van der Waals surface area contributed by atoms with E-state index in [1.807, 2.05) is 6.92 Å². The number of anilines is 1. The fourth-order valence-electron chi connectivity index (χ4n) is 4.30. The largest absolute Gasteiger partial charge is 0.416 e. The Hall–Kier alpha value is -3.28. The molecule has 7 nitrogen and oxygen atoms in total. The van der Waals surface area contributed by atoms with Crippen LogP contribution in [0.1, 0.15) is 44.7 Å². The summed E-state index contributed by atoms with van der Waals surface area (Å²) in [5, 5.41) is 3.27. The molecule has 0 spiro atoms. The van der Waals surface area contributed by atoms with Gasteiger partial charge in [0, 0.05) is 28.2 Å². The molecule has 3 aromatic carbocycles. The molecule has 0 fully saturated rings. The number of nitrogens with zero attached hydrogens (tertiary/aromatic N) is 2. The smallest absolute Gasteiger partial charge is 0.352 e. The number of benzene rings is 3. The number of alkyl halides is 3. The molecule has 2 amide bonds. The van der Waals surface area contributed by atoms with Crippen molar-refractivity contribution in [3.63, 3.8) is 0 Å². The first-order chi connectivity index (χ1) is 20.2. The molecule has 0 aliphatic heterocycles. The monoisotopic (exact) mass is 657 g/mol. The Morgan fingerprint density at radius 1 is 0.907 bits per heavy atom. The summed E-state index contributed by atoms with van der Waals surface area (Å²) in [7, 11) is -4.54. The topological polar surface area (TPSA) is 86.8 Å². The van der Waals surface area contributed by atoms with Crippen LogP contribution in [0, 0.1) is 0 Å². The molecule has 0 aliphatic rings. The van der Waals surface area contributed by atoms with Gasteiger partial charge < -0.3 is 10.2 Å². The van der Waals surface area contributed by atoms with Gasteiger partial charge in [0.25, 0.3) is 10.0 Å². The molecule has 0 heterocycles. The minimum atomic E-state index is -4.77. The summed E-state index contributed by atoms with van der Waals surface area (Å²) in [4.78, 5) is 28.4. The molecule has 1 N–H and O–H groups in total. The lowest BCUT2D eigenvalue weighted by atomic mass is 10.1. The summed E-state index contributed by atoms with van der Waals surface area (Å²) in [5.41, 5.74) is -1.14. The number of nitrogens with one attached hydrogen (secondary N) is 1. The molecule has 0 aliphatic carbocycles. The highest BCUT2D eigenvalue weighted by molar-refractivity contribution is 7.92. The Morgan fingerprint density at radius 3 is 2.07 bits per heavy atom. The predicted octanol–water partition coefficient (Wildman–Crippen LogP) is 6.93. The van der Waals surface area contributed by atoms with Crippen molar-refractivity contribution >= 4 is 50.7 Å². The van der Waals surface area contributed by atoms with Crippen LogP contribution in [-0.2, 0) is 32.3 Å². The number of carbonyl (C=O) groups is 2. The van der Waals surface area contributed by atoms with E-state index in [1.165, 1.54) is 30.3 Å². The van der Waals surface area contributed by atoms with Crippen LogP contribution < -0.4 is 9.62 Å². The normalized spacial score (nSPS) is 13.2. The van der Waals surface area contributed by atoms with Crippen LogP contribution in [0.4, 0.5) is 18.9 Å². The van der Waals surface area contributed by atoms with E-state index in [0.717, 1.165) is 17.0 Å². The molecule has 13 heteroatoms. The zero-order valence-electron chi connectivity index (χ0n) is 23.7. The predicted molar refractivity (Wildman–Crippen MR) is 161 cm³/mol. The molecule has 0 unspecified atom stereocenters. The SMILES string of the molecule is CC[C@H](C)NC(=O)[C@H](CC)N(Cc1c(Cl)cccc1Cl)C(=O)CN(c1cccc(C(F)(F)F)c1)S(=O)(=O)c1ccccc1. The van der Waals surface area contributed by atoms with Crippen LogP contribution in [-0.4, -0.2) is 43.8 Å². The summed E-state index contributed by atoms with van der Waals surface area (Å²) in [6, 6.07) is 14.2. The third-order valence-corrected chi connectivity index (χ3v) is 9.34. The number of amides is 2. The van der Waals surface area contributed by atoms with Gasteiger partial charge in [0.2, 0.25) is 11.8 Å². The molecule has 3 rings (SSSR count). The molecule has 0 bridgehead atoms. The van der Waals surface area contributed by atoms with E-state index in [4.69, 9.17) is 23.2 Å². The van der Waals surface area contributed by atoms with Crippen LogP contribution in [0.25, 0.3) is 0 Å². The van der Waals surface area contributed by atoms with Gasteiger partial charge >= 0.3 is 6.18 Å². The highest BCUT2D eigenvalue weighted by atomic mass is 35.5. The number of carbonyl (C=O) groups excluding carboxylic acids is 2. The zero-order valence-corrected chi connectivity index (χ0v) is 26.1. The first-order valence-corrected chi connectivity index (χ1v) is 15.7. The number of hydrogen-bond donors (Lipinski definition) is 1. The molecule has 0 aromatic heterocycles. The molecule has 2 atom stereocenters. The third-order valence-electron chi connectivity index (χ3n) is 6.85. The second-order valence-electron chi connectivity index (χ2n) is 9.84. The van der Waals surface area contributed by atoms with Crippen molar-refractivity contribution in [1.29, 1.82) is 0 Å². The summed E-state index contributed by atoms with van der Waals surface area (Å²) < 4.78 is 69.1. The highest BCUT2D eigenvalue weighted by Crippen LogP contribution is 2.34. The van der Waals surface area contributed by atoms with Crippen molar-refractivity contribution in [2.45, 2.75) is 63.3 Å². The van der Waals surface area contributed by atoms with E-state index in [2.05, 4.69) is 5.32 Å². The van der Waals surface area contributed by atoms with Gasteiger partial charge in [-0.15, -0.1) is 0 Å². The lowest BCUT2D eigenvalue weighted by Gasteiger charge is -2.34. The van der Waals surface area contributed by atoms with E-state index in [1.54, 1.807) is 38.1 Å². The maximum atomic E-state index is 14.1. The number of hydrogen-bond acceptors (Lipinski definition) is 4. The molecule has 0 radical (unpaired) electrons. The summed E-state index contributed by atoms with van der Waals surface area (Å²) in [5.74, 6) is -1.33. The standard InChI is InChI=1S/C30H32Cl2F3N3O4S/c1-4-20(3)36-29(40)27(5-2)37(18-24-25(31)15-10-16-26(24)32)28(39)19-38(43(41,42)23-13-7-6-8-14-23)22-12-9-11-21(17-22)30(33,34)35/h6-17,20,27H,4-5,18-19H2,1-3H3,(H,36,40)/t20-,27-/m0/s1. The average molecular weight is 659 g/mol. The van der Waals surface area contributed by atoms with Crippen molar-refractivity contribution in [1.82, 2.24) is 10.2 Å². The molecule has 232 valence electrons. The number of rotatable bonds is 12. The van der Waals surface area contributed by atoms with E-state index in [0.29, 0.717) is 22.4 Å². The van der Waals surface area contributed by atoms with Crippen molar-refractivity contribution in [2.24, 2.45) is 0 Å². The Balaban J connectivity index is 2.15. The molecular weight excluding hydrogens is 626 g/mol. The van der Waals surface area contributed by atoms with Gasteiger partial charge in [-0.3, -0.25) is 13.9 Å². The molecular formula is C30H32Cl2F3N3O4S. The van der Waals surface area contributed by atoms with E-state index in [9.17, 15) is 31.2 Å². The lowest BCUT2D eigenvalue weighted by Crippen LogP contribution is -2.53. The van der Waals surface area contributed by atoms with Gasteiger partial charge in [-0.1, -0.05) is 67.4 Å². The second-order valence-corrected chi connectivity index (χ2v) is 12.5. The van der Waals surface area contributed by atoms with Crippen molar-refractivity contribution in [3.8, 4) is 0 Å². The maximum absolute atomic E-state index is 14.1. The van der Waals surface area contributed by atoms with Gasteiger partial charge in [-0.05, 0) is 62.2 Å². The van der Waals surface area contributed by atoms with Gasteiger partial charge in [0.15, 0.2) is 0 Å². The Labute approximate surface area is 259 Å². The van der Waals surface area contributed by atoms with Crippen molar-refractivity contribution in [3.05, 3.63) is 94.0 Å². The van der Waals surface area contributed by atoms with Crippen LogP contribution in [0.2, 0.25) is 10.0 Å². The van der Waals surface area contributed by atoms with Crippen LogP contribution in [0.3, 0.4) is 0 Å². The molecule has 0 saturated carbocycles. The zero-order chi connectivity index (χ0) is 31.9. The number of sulfonamides is 1. The molecule has 43 heavy (non-hydrogen) atoms. The van der Waals surface area contributed by atoms with E-state index < -0.39 is 46.2 Å². The Kier molecular flexibility index (Phi) is 11.5. The fraction of sp³-hybridized carbons (Fsp3) is 0.333. The minimum Gasteiger partial charge on any atom is -0.352 e. The van der Waals surface area contributed by atoms with Crippen molar-refractivity contribution in [2.75, 3.05) is 10.8 Å². The summed E-state index contributed by atoms with van der Waals surface area (Å²) in [6.07, 6.45) is -4.01. The maximum Gasteiger partial charge on any atom is 0.416 e. The van der Waals surface area contributed by atoms with Gasteiger partial charge in [-0.25, -0.2) is 8.42 Å². The van der Waals surface area contributed by atoms with Crippen LogP contribution >= 0.6 is 23.2 Å². The second kappa shape index (κ2) is 14.5. The first-order valence-electron chi connectivity index (χ1n) is 13.5. The summed E-state index contributed by atoms with van der Waals surface area (Å²) in [6.45, 7) is 4.18. The first kappa shape index (κ1) is 34.2. The summed E-state index contributed by atoms with van der Waals surface area (Å²) >= 11 is 12.8. The van der Waals surface area contributed by atoms with Gasteiger partial charge in [0.05, 0.1) is 16.1 Å². The highest BCUT2D eigenvalue weighted by Gasteiger charge is 2.36. The average Bonchev–Trinajstić information content (AvgIpc) is 2.97. The van der Waals surface area contributed by atoms with E-state index in [-0.39, 0.29) is 39.6 Å². The number of halogens is 5. The molecule has 0 saturated heterocycles. The van der Waals surface area contributed by atoms with Crippen LogP contribution in [0.5, 0.6) is 0 Å². The lowest BCUT2D eigenvalue weighted by molar-refractivity contribution is -0.140. The fourth-order valence-corrected chi connectivity index (χ4v) is 6.24. The quantitative estimate of drug-likeness (QED) is 0.229. The Morgan fingerprint density at radius 2 is 1.51 bits per heavy atom. The Bertz CT molecular complexity index is 1520. The third kappa shape index (κ3) is 8.43. The molecule has 3 aromatic rings.